The van der Waals surface area contributed by atoms with Gasteiger partial charge < -0.3 is 0 Å². The molecule has 0 aliphatic carbocycles. The van der Waals surface area contributed by atoms with E-state index in [9.17, 15) is 0 Å². The third-order valence-corrected chi connectivity index (χ3v) is 8.99. The Labute approximate surface area is 143 Å². The first-order chi connectivity index (χ1) is 10.2. The van der Waals surface area contributed by atoms with Crippen LogP contribution in [0.5, 0.6) is 0 Å². The molecule has 0 aliphatic heterocycles. The predicted octanol–water partition coefficient (Wildman–Crippen LogP) is 5.65. The molecular formula is C19H31LiSi. The fraction of sp³-hybridized carbons (Fsp3) is 0.579. The molecule has 112 valence electrons. The first kappa shape index (κ1) is 20.6. The second-order valence-electron chi connectivity index (χ2n) is 5.66. The van der Waals surface area contributed by atoms with Crippen LogP contribution < -0.4 is 0 Å². The average Bonchev–Trinajstić information content (AvgIpc) is 2.54. The summed E-state index contributed by atoms with van der Waals surface area (Å²) >= 11 is 2.21. The Morgan fingerprint density at radius 1 is 0.952 bits per heavy atom. The molecule has 0 amide bonds. The Balaban J connectivity index is 0.000000690. The molecule has 0 bridgehead atoms. The number of hydrogen-bond donors (Lipinski definition) is 0. The van der Waals surface area contributed by atoms with Gasteiger partial charge in [0.05, 0.1) is 0 Å². The monoisotopic (exact) mass is 294 g/mol. The van der Waals surface area contributed by atoms with Crippen molar-refractivity contribution in [3.05, 3.63) is 35.9 Å². The molecule has 1 aromatic carbocycles. The van der Waals surface area contributed by atoms with Gasteiger partial charge in [-0.2, -0.15) is 0 Å². The Morgan fingerprint density at radius 3 is 1.90 bits per heavy atom. The summed E-state index contributed by atoms with van der Waals surface area (Å²) in [4.78, 5) is 0. The molecule has 0 aliphatic rings. The molecule has 0 unspecified atom stereocenters. The molecule has 2 heteroatoms. The third kappa shape index (κ3) is 9.26. The van der Waals surface area contributed by atoms with E-state index >= 15 is 0 Å². The van der Waals surface area contributed by atoms with Crippen molar-refractivity contribution in [2.45, 2.75) is 70.2 Å². The van der Waals surface area contributed by atoms with Crippen molar-refractivity contribution < 1.29 is 0 Å². The second-order valence-corrected chi connectivity index (χ2v) is 10.6. The molecular weight excluding hydrogens is 263 g/mol. The molecule has 0 saturated carbocycles. The quantitative estimate of drug-likeness (QED) is 0.469. The van der Waals surface area contributed by atoms with Gasteiger partial charge in [0.2, 0.25) is 0 Å². The van der Waals surface area contributed by atoms with Crippen LogP contribution in [0, 0.1) is 11.5 Å². The van der Waals surface area contributed by atoms with Gasteiger partial charge in [0.25, 0.3) is 0 Å². The summed E-state index contributed by atoms with van der Waals surface area (Å²) < 4.78 is 0. The molecule has 0 fully saturated rings. The van der Waals surface area contributed by atoms with E-state index in [1.807, 2.05) is 0 Å². The number of rotatable bonds is 6. The molecule has 21 heavy (non-hydrogen) atoms. The van der Waals surface area contributed by atoms with Crippen LogP contribution in [0.1, 0.15) is 46.1 Å². The molecule has 0 spiro atoms. The molecule has 0 N–H and O–H groups in total. The van der Waals surface area contributed by atoms with Crippen LogP contribution in [0.25, 0.3) is 0 Å². The summed E-state index contributed by atoms with van der Waals surface area (Å²) in [6.07, 6.45) is 3.64. The first-order valence-electron chi connectivity index (χ1n) is 8.71. The second kappa shape index (κ2) is 13.3. The Morgan fingerprint density at radius 2 is 1.52 bits per heavy atom. The SMILES string of the molecule is CC[Si](C#CCc1ccccc1)(CC)CC.[Li][CH2]CCC. The summed E-state index contributed by atoms with van der Waals surface area (Å²) in [6, 6.07) is 14.4. The van der Waals surface area contributed by atoms with Crippen LogP contribution in [0.15, 0.2) is 30.3 Å². The van der Waals surface area contributed by atoms with Crippen molar-refractivity contribution in [2.75, 3.05) is 0 Å². The molecule has 0 saturated heterocycles. The van der Waals surface area contributed by atoms with Crippen LogP contribution >= 0.6 is 0 Å². The van der Waals surface area contributed by atoms with E-state index in [1.54, 1.807) is 0 Å². The molecule has 0 radical (unpaired) electrons. The minimum atomic E-state index is -1.23. The molecule has 0 aromatic heterocycles. The van der Waals surface area contributed by atoms with Crippen molar-refractivity contribution in [3.63, 3.8) is 0 Å². The normalized spacial score (nSPS) is 10.2. The zero-order valence-corrected chi connectivity index (χ0v) is 15.8. The standard InChI is InChI=1S/C15H22Si.C4H9.Li/c1-4-16(5-2,6-3)14-10-13-15-11-8-7-9-12-15;1-3-4-2;/h7-9,11-12H,4-6,13H2,1-3H3;1,3-4H2,2H3;. The van der Waals surface area contributed by atoms with Gasteiger partial charge in [-0.1, -0.05) is 51.1 Å². The molecule has 1 aromatic rings. The van der Waals surface area contributed by atoms with Crippen molar-refractivity contribution in [1.29, 1.82) is 0 Å². The zero-order valence-electron chi connectivity index (χ0n) is 14.8. The number of benzene rings is 1. The van der Waals surface area contributed by atoms with E-state index in [4.69, 9.17) is 0 Å². The van der Waals surface area contributed by atoms with Crippen LogP contribution in [-0.4, -0.2) is 25.8 Å². The van der Waals surface area contributed by atoms with Gasteiger partial charge in [-0.25, -0.2) is 0 Å². The van der Waals surface area contributed by atoms with Gasteiger partial charge >= 0.3 is 42.6 Å². The molecule has 0 atom stereocenters. The van der Waals surface area contributed by atoms with E-state index in [0.29, 0.717) is 0 Å². The van der Waals surface area contributed by atoms with Gasteiger partial charge in [-0.3, -0.25) is 0 Å². The van der Waals surface area contributed by atoms with E-state index in [2.05, 4.69) is 87.2 Å². The topological polar surface area (TPSA) is 0 Å². The van der Waals surface area contributed by atoms with Gasteiger partial charge in [-0.05, 0) is 23.7 Å². The van der Waals surface area contributed by atoms with Gasteiger partial charge in [0, 0.05) is 6.42 Å². The predicted molar refractivity (Wildman–Crippen MR) is 101 cm³/mol. The number of unbranched alkanes of at least 4 members (excludes halogenated alkanes) is 1. The molecule has 0 nitrogen and oxygen atoms in total. The summed E-state index contributed by atoms with van der Waals surface area (Å²) in [5.74, 6) is 3.41. The summed E-state index contributed by atoms with van der Waals surface area (Å²) in [7, 11) is -1.23. The van der Waals surface area contributed by atoms with Crippen molar-refractivity contribution >= 4 is 25.8 Å². The van der Waals surface area contributed by atoms with Crippen LogP contribution in [0.3, 0.4) is 0 Å². The van der Waals surface area contributed by atoms with Crippen LogP contribution in [0.2, 0.25) is 23.2 Å². The van der Waals surface area contributed by atoms with Crippen molar-refractivity contribution in [3.8, 4) is 11.5 Å². The summed E-state index contributed by atoms with van der Waals surface area (Å²) in [6.45, 7) is 9.12. The van der Waals surface area contributed by atoms with E-state index < -0.39 is 8.07 Å². The summed E-state index contributed by atoms with van der Waals surface area (Å²) in [5, 5.41) is 1.34. The van der Waals surface area contributed by atoms with Crippen LogP contribution in [-0.2, 0) is 6.42 Å². The van der Waals surface area contributed by atoms with Gasteiger partial charge in [-0.15, -0.1) is 11.5 Å². The van der Waals surface area contributed by atoms with Gasteiger partial charge in [0.1, 0.15) is 8.07 Å². The van der Waals surface area contributed by atoms with Crippen LogP contribution in [0.4, 0.5) is 0 Å². The third-order valence-electron chi connectivity index (χ3n) is 4.23. The van der Waals surface area contributed by atoms with Crippen molar-refractivity contribution in [2.24, 2.45) is 0 Å². The van der Waals surface area contributed by atoms with E-state index in [0.717, 1.165) is 6.42 Å². The molecule has 0 heterocycles. The Hall–Kier alpha value is -0.406. The van der Waals surface area contributed by atoms with Gasteiger partial charge in [0.15, 0.2) is 0 Å². The van der Waals surface area contributed by atoms with Crippen molar-refractivity contribution in [1.82, 2.24) is 0 Å². The fourth-order valence-corrected chi connectivity index (χ4v) is 4.79. The maximum absolute atomic E-state index is 3.62. The first-order valence-corrected chi connectivity index (χ1v) is 11.3. The Bertz CT molecular complexity index is 388. The fourth-order valence-electron chi connectivity index (χ4n) is 2.30. The zero-order chi connectivity index (χ0) is 16.0. The maximum atomic E-state index is 3.62. The summed E-state index contributed by atoms with van der Waals surface area (Å²) in [5.41, 5.74) is 4.95. The van der Waals surface area contributed by atoms with E-state index in [1.165, 1.54) is 41.6 Å². The molecule has 1 rings (SSSR count). The van der Waals surface area contributed by atoms with E-state index in [-0.39, 0.29) is 0 Å². The minimum absolute atomic E-state index is 0.912. The Kier molecular flexibility index (Phi) is 13.0. The number of hydrogen-bond acceptors (Lipinski definition) is 0. The average molecular weight is 294 g/mol.